The molecule has 100 valence electrons. The maximum absolute atomic E-state index is 11.7. The van der Waals surface area contributed by atoms with Gasteiger partial charge in [-0.25, -0.2) is 4.79 Å². The van der Waals surface area contributed by atoms with Gasteiger partial charge in [-0.2, -0.15) is 0 Å². The van der Waals surface area contributed by atoms with Gasteiger partial charge in [0, 0.05) is 25.0 Å². The first-order valence-electron chi connectivity index (χ1n) is 6.24. The minimum atomic E-state index is -0.422. The standard InChI is InChI=1S/C13H26N2O2/c1-12(2,3)10(14)9-7-15(8-9)11(16)17-13(4,5)6/h9-10H,7-8,14H2,1-6H3. The molecule has 1 heterocycles. The lowest BCUT2D eigenvalue weighted by molar-refractivity contribution is -0.0116. The fourth-order valence-electron chi connectivity index (χ4n) is 1.92. The van der Waals surface area contributed by atoms with Crippen LogP contribution in [0.1, 0.15) is 41.5 Å². The average molecular weight is 242 g/mol. The van der Waals surface area contributed by atoms with Crippen molar-refractivity contribution < 1.29 is 9.53 Å². The largest absolute Gasteiger partial charge is 0.444 e. The Hall–Kier alpha value is -0.770. The SMILES string of the molecule is CC(C)(C)OC(=O)N1CC(C(N)C(C)(C)C)C1. The van der Waals surface area contributed by atoms with E-state index in [1.807, 2.05) is 20.8 Å². The molecule has 1 aliphatic heterocycles. The minimum absolute atomic E-state index is 0.0880. The van der Waals surface area contributed by atoms with Crippen LogP contribution in [-0.2, 0) is 4.74 Å². The minimum Gasteiger partial charge on any atom is -0.444 e. The fourth-order valence-corrected chi connectivity index (χ4v) is 1.92. The Morgan fingerprint density at radius 2 is 1.71 bits per heavy atom. The molecule has 4 nitrogen and oxygen atoms in total. The molecule has 1 fully saturated rings. The van der Waals surface area contributed by atoms with Gasteiger partial charge in [-0.05, 0) is 26.2 Å². The van der Waals surface area contributed by atoms with Gasteiger partial charge >= 0.3 is 6.09 Å². The summed E-state index contributed by atoms with van der Waals surface area (Å²) in [4.78, 5) is 13.4. The predicted molar refractivity (Wildman–Crippen MR) is 68.7 cm³/mol. The number of carbonyl (C=O) groups is 1. The lowest BCUT2D eigenvalue weighted by atomic mass is 9.76. The maximum Gasteiger partial charge on any atom is 0.410 e. The van der Waals surface area contributed by atoms with Crippen LogP contribution in [-0.4, -0.2) is 35.7 Å². The number of ether oxygens (including phenoxy) is 1. The molecule has 2 N–H and O–H groups in total. The molecule has 1 amide bonds. The molecule has 0 spiro atoms. The van der Waals surface area contributed by atoms with Crippen molar-refractivity contribution in [2.24, 2.45) is 17.1 Å². The molecule has 0 aromatic rings. The Morgan fingerprint density at radius 1 is 1.24 bits per heavy atom. The molecule has 0 radical (unpaired) electrons. The number of likely N-dealkylation sites (tertiary alicyclic amines) is 1. The normalized spacial score (nSPS) is 19.8. The highest BCUT2D eigenvalue weighted by Crippen LogP contribution is 2.30. The Morgan fingerprint density at radius 3 is 2.06 bits per heavy atom. The molecule has 0 aliphatic carbocycles. The number of nitrogens with zero attached hydrogens (tertiary/aromatic N) is 1. The summed E-state index contributed by atoms with van der Waals surface area (Å²) in [6.45, 7) is 13.5. The number of rotatable bonds is 1. The second-order valence-corrected chi connectivity index (χ2v) is 7.04. The first-order chi connectivity index (χ1) is 7.50. The highest BCUT2D eigenvalue weighted by atomic mass is 16.6. The van der Waals surface area contributed by atoms with Crippen LogP contribution in [0, 0.1) is 11.3 Å². The average Bonchev–Trinajstić information content (AvgIpc) is 1.94. The monoisotopic (exact) mass is 242 g/mol. The molecule has 1 saturated heterocycles. The zero-order chi connectivity index (χ0) is 13.4. The summed E-state index contributed by atoms with van der Waals surface area (Å²) < 4.78 is 5.30. The predicted octanol–water partition coefficient (Wildman–Crippen LogP) is 2.23. The van der Waals surface area contributed by atoms with E-state index in [0.717, 1.165) is 0 Å². The molecule has 0 bridgehead atoms. The molecule has 0 aromatic heterocycles. The van der Waals surface area contributed by atoms with E-state index in [1.165, 1.54) is 0 Å². The molecule has 1 rings (SSSR count). The van der Waals surface area contributed by atoms with Crippen LogP contribution < -0.4 is 5.73 Å². The topological polar surface area (TPSA) is 55.6 Å². The summed E-state index contributed by atoms with van der Waals surface area (Å²) in [6.07, 6.45) is -0.227. The van der Waals surface area contributed by atoms with Crippen LogP contribution in [0.4, 0.5) is 4.79 Å². The van der Waals surface area contributed by atoms with Crippen LogP contribution in [0.5, 0.6) is 0 Å². The van der Waals surface area contributed by atoms with Gasteiger partial charge in [-0.15, -0.1) is 0 Å². The number of nitrogens with two attached hydrogens (primary N) is 1. The summed E-state index contributed by atoms with van der Waals surface area (Å²) in [5, 5.41) is 0. The molecule has 17 heavy (non-hydrogen) atoms. The van der Waals surface area contributed by atoms with Gasteiger partial charge < -0.3 is 15.4 Å². The maximum atomic E-state index is 11.7. The molecule has 1 unspecified atom stereocenters. The van der Waals surface area contributed by atoms with E-state index in [1.54, 1.807) is 4.90 Å². The Balaban J connectivity index is 2.40. The summed E-state index contributed by atoms with van der Waals surface area (Å²) in [5.74, 6) is 0.391. The summed E-state index contributed by atoms with van der Waals surface area (Å²) in [7, 11) is 0. The molecule has 4 heteroatoms. The Labute approximate surface area is 104 Å². The first-order valence-corrected chi connectivity index (χ1v) is 6.24. The summed E-state index contributed by atoms with van der Waals surface area (Å²) >= 11 is 0. The van der Waals surface area contributed by atoms with Crippen molar-refractivity contribution in [2.75, 3.05) is 13.1 Å². The zero-order valence-corrected chi connectivity index (χ0v) is 11.9. The lowest BCUT2D eigenvalue weighted by Crippen LogP contribution is -2.60. The van der Waals surface area contributed by atoms with Crippen molar-refractivity contribution >= 4 is 6.09 Å². The number of amides is 1. The zero-order valence-electron chi connectivity index (χ0n) is 11.9. The molecular weight excluding hydrogens is 216 g/mol. The third-order valence-electron chi connectivity index (χ3n) is 3.07. The van der Waals surface area contributed by atoms with Crippen LogP contribution in [0.3, 0.4) is 0 Å². The quantitative estimate of drug-likeness (QED) is 0.767. The third-order valence-corrected chi connectivity index (χ3v) is 3.07. The van der Waals surface area contributed by atoms with Gasteiger partial charge in [-0.1, -0.05) is 20.8 Å². The summed E-state index contributed by atoms with van der Waals surface area (Å²) in [5.41, 5.74) is 5.83. The smallest absolute Gasteiger partial charge is 0.410 e. The van der Waals surface area contributed by atoms with E-state index in [9.17, 15) is 4.79 Å². The van der Waals surface area contributed by atoms with E-state index >= 15 is 0 Å². The highest BCUT2D eigenvalue weighted by molar-refractivity contribution is 5.69. The van der Waals surface area contributed by atoms with Gasteiger partial charge in [0.05, 0.1) is 0 Å². The molecule has 1 atom stereocenters. The molecule has 0 aromatic carbocycles. The van der Waals surface area contributed by atoms with Gasteiger partial charge in [-0.3, -0.25) is 0 Å². The Bertz CT molecular complexity index is 283. The van der Waals surface area contributed by atoms with Gasteiger partial charge in [0.2, 0.25) is 0 Å². The fraction of sp³-hybridized carbons (Fsp3) is 0.923. The molecular formula is C13H26N2O2. The van der Waals surface area contributed by atoms with Crippen LogP contribution >= 0.6 is 0 Å². The van der Waals surface area contributed by atoms with Crippen molar-refractivity contribution in [3.8, 4) is 0 Å². The van der Waals surface area contributed by atoms with Crippen LogP contribution in [0.2, 0.25) is 0 Å². The summed E-state index contributed by atoms with van der Waals surface area (Å²) in [6, 6.07) is 0.126. The van der Waals surface area contributed by atoms with E-state index in [2.05, 4.69) is 20.8 Å². The number of carbonyl (C=O) groups excluding carboxylic acids is 1. The lowest BCUT2D eigenvalue weighted by Gasteiger charge is -2.46. The van der Waals surface area contributed by atoms with Crippen LogP contribution in [0.25, 0.3) is 0 Å². The van der Waals surface area contributed by atoms with Crippen molar-refractivity contribution in [1.82, 2.24) is 4.90 Å². The number of hydrogen-bond acceptors (Lipinski definition) is 3. The van der Waals surface area contributed by atoms with Gasteiger partial charge in [0.25, 0.3) is 0 Å². The third kappa shape index (κ3) is 3.87. The van der Waals surface area contributed by atoms with E-state index in [0.29, 0.717) is 19.0 Å². The van der Waals surface area contributed by atoms with Crippen molar-refractivity contribution in [1.29, 1.82) is 0 Å². The highest BCUT2D eigenvalue weighted by Gasteiger charge is 2.40. The van der Waals surface area contributed by atoms with Gasteiger partial charge in [0.1, 0.15) is 5.60 Å². The molecule has 0 saturated carbocycles. The van der Waals surface area contributed by atoms with E-state index < -0.39 is 5.60 Å². The van der Waals surface area contributed by atoms with E-state index in [4.69, 9.17) is 10.5 Å². The van der Waals surface area contributed by atoms with Crippen LogP contribution in [0.15, 0.2) is 0 Å². The Kier molecular flexibility index (Phi) is 3.77. The van der Waals surface area contributed by atoms with E-state index in [-0.39, 0.29) is 17.6 Å². The number of hydrogen-bond donors (Lipinski definition) is 1. The first kappa shape index (κ1) is 14.3. The van der Waals surface area contributed by atoms with Gasteiger partial charge in [0.15, 0.2) is 0 Å². The second kappa shape index (κ2) is 4.48. The molecule has 1 aliphatic rings. The van der Waals surface area contributed by atoms with Crippen molar-refractivity contribution in [3.05, 3.63) is 0 Å². The van der Waals surface area contributed by atoms with Crippen molar-refractivity contribution in [2.45, 2.75) is 53.2 Å². The van der Waals surface area contributed by atoms with Crippen molar-refractivity contribution in [3.63, 3.8) is 0 Å². The second-order valence-electron chi connectivity index (χ2n) is 7.04.